The number of fused-ring (bicyclic) bond motifs is 2. The van der Waals surface area contributed by atoms with Gasteiger partial charge >= 0.3 is 5.97 Å². The van der Waals surface area contributed by atoms with Crippen molar-refractivity contribution in [1.29, 1.82) is 5.26 Å². The Bertz CT molecular complexity index is 1840. The first-order valence-corrected chi connectivity index (χ1v) is 14.0. The zero-order valence-electron chi connectivity index (χ0n) is 21.7. The number of hydrogen-bond donors (Lipinski definition) is 1. The Labute approximate surface area is 235 Å². The van der Waals surface area contributed by atoms with Gasteiger partial charge in [-0.1, -0.05) is 16.8 Å². The van der Waals surface area contributed by atoms with E-state index in [9.17, 15) is 23.3 Å². The molecule has 1 aromatic heterocycles. The van der Waals surface area contributed by atoms with Gasteiger partial charge in [0, 0.05) is 11.6 Å². The molecule has 10 nitrogen and oxygen atoms in total. The fraction of sp³-hybridized carbons (Fsp3) is 0.214. The molecule has 12 heteroatoms. The first-order chi connectivity index (χ1) is 18.9. The Hall–Kier alpha value is -4.40. The smallest absolute Gasteiger partial charge is 0.340 e. The average molecular weight is 579 g/mol. The lowest BCUT2D eigenvalue weighted by atomic mass is 10.1. The molecule has 0 radical (unpaired) electrons. The van der Waals surface area contributed by atoms with Gasteiger partial charge in [0.05, 0.1) is 38.9 Å². The number of anilines is 2. The summed E-state index contributed by atoms with van der Waals surface area (Å²) < 4.78 is 39.2. The molecule has 1 aliphatic rings. The van der Waals surface area contributed by atoms with Crippen molar-refractivity contribution in [3.8, 4) is 6.07 Å². The number of esters is 1. The number of aromatic nitrogens is 1. The molecule has 3 aromatic carbocycles. The highest BCUT2D eigenvalue weighted by molar-refractivity contribution is 7.92. The summed E-state index contributed by atoms with van der Waals surface area (Å²) >= 11 is 6.07. The molecular formula is C28H23ClN4O6S. The van der Waals surface area contributed by atoms with Crippen molar-refractivity contribution in [3.05, 3.63) is 82.0 Å². The minimum atomic E-state index is -3.98. The third-order valence-corrected chi connectivity index (χ3v) is 8.20. The largest absolute Gasteiger partial charge is 0.456 e. The van der Waals surface area contributed by atoms with Crippen LogP contribution in [0.5, 0.6) is 0 Å². The van der Waals surface area contributed by atoms with E-state index in [1.54, 1.807) is 39.0 Å². The molecule has 0 saturated carbocycles. The standard InChI is InChI=1S/C28H23ClN4O6S/c1-28(2,3)38-27(35)20-12-16(15-30)4-7-22(20)31-26(34)25-21-14-19(6-9-24(21)39-32-25)40(36,37)33-11-10-17-13-18(29)5-8-23(17)33/h4-9,12-14H,10-11H2,1-3H3,(H,31,34). The van der Waals surface area contributed by atoms with Crippen LogP contribution in [0.2, 0.25) is 5.02 Å². The van der Waals surface area contributed by atoms with Gasteiger partial charge in [0.15, 0.2) is 11.3 Å². The molecule has 1 aliphatic heterocycles. The number of sulfonamides is 1. The number of carbonyl (C=O) groups excluding carboxylic acids is 2. The van der Waals surface area contributed by atoms with Gasteiger partial charge in [-0.15, -0.1) is 0 Å². The molecule has 0 bridgehead atoms. The topological polar surface area (TPSA) is 143 Å². The second-order valence-corrected chi connectivity index (χ2v) is 12.4. The van der Waals surface area contributed by atoms with Crippen LogP contribution >= 0.6 is 11.6 Å². The highest BCUT2D eigenvalue weighted by Crippen LogP contribution is 2.35. The van der Waals surface area contributed by atoms with Crippen LogP contribution in [0.3, 0.4) is 0 Å². The highest BCUT2D eigenvalue weighted by atomic mass is 35.5. The van der Waals surface area contributed by atoms with E-state index < -0.39 is 27.5 Å². The minimum Gasteiger partial charge on any atom is -0.456 e. The molecule has 2 heterocycles. The van der Waals surface area contributed by atoms with Crippen molar-refractivity contribution < 1.29 is 27.3 Å². The van der Waals surface area contributed by atoms with Gasteiger partial charge in [-0.2, -0.15) is 5.26 Å². The van der Waals surface area contributed by atoms with Gasteiger partial charge < -0.3 is 14.6 Å². The van der Waals surface area contributed by atoms with E-state index in [2.05, 4.69) is 10.5 Å². The number of ether oxygens (including phenoxy) is 1. The van der Waals surface area contributed by atoms with E-state index in [4.69, 9.17) is 20.9 Å². The fourth-order valence-corrected chi connectivity index (χ4v) is 6.09. The van der Waals surface area contributed by atoms with Crippen LogP contribution in [0.15, 0.2) is 64.0 Å². The van der Waals surface area contributed by atoms with Gasteiger partial charge in [0.2, 0.25) is 0 Å². The molecule has 0 spiro atoms. The number of hydrogen-bond acceptors (Lipinski definition) is 8. The minimum absolute atomic E-state index is 0.0220. The zero-order chi connectivity index (χ0) is 28.8. The van der Waals surface area contributed by atoms with Gasteiger partial charge in [-0.25, -0.2) is 13.2 Å². The van der Waals surface area contributed by atoms with E-state index in [1.165, 1.54) is 40.7 Å². The van der Waals surface area contributed by atoms with Crippen LogP contribution in [0, 0.1) is 11.3 Å². The summed E-state index contributed by atoms with van der Waals surface area (Å²) in [5, 5.41) is 16.4. The van der Waals surface area contributed by atoms with E-state index in [-0.39, 0.29) is 44.9 Å². The molecule has 0 fully saturated rings. The fourth-order valence-electron chi connectivity index (χ4n) is 4.37. The number of nitrogens with zero attached hydrogens (tertiary/aromatic N) is 3. The van der Waals surface area contributed by atoms with Crippen molar-refractivity contribution in [3.63, 3.8) is 0 Å². The summed E-state index contributed by atoms with van der Waals surface area (Å²) in [6, 6.07) is 15.3. The van der Waals surface area contributed by atoms with Crippen molar-refractivity contribution >= 4 is 55.8 Å². The number of halogens is 1. The Balaban J connectivity index is 1.48. The molecular weight excluding hydrogens is 556 g/mol. The first-order valence-electron chi connectivity index (χ1n) is 12.2. The number of nitrogens with one attached hydrogen (secondary N) is 1. The van der Waals surface area contributed by atoms with Gasteiger partial charge in [0.25, 0.3) is 15.9 Å². The summed E-state index contributed by atoms with van der Waals surface area (Å²) in [6.45, 7) is 5.33. The molecule has 5 rings (SSSR count). The highest BCUT2D eigenvalue weighted by Gasteiger charge is 2.32. The van der Waals surface area contributed by atoms with Gasteiger partial charge in [0.1, 0.15) is 5.60 Å². The number of carbonyl (C=O) groups is 2. The van der Waals surface area contributed by atoms with E-state index in [0.717, 1.165) is 5.56 Å². The number of benzene rings is 3. The second-order valence-electron chi connectivity index (χ2n) is 10.1. The van der Waals surface area contributed by atoms with Crippen LogP contribution in [-0.2, 0) is 21.2 Å². The van der Waals surface area contributed by atoms with Crippen LogP contribution in [0.1, 0.15) is 52.7 Å². The van der Waals surface area contributed by atoms with Crippen molar-refractivity contribution in [2.75, 3.05) is 16.2 Å². The molecule has 40 heavy (non-hydrogen) atoms. The van der Waals surface area contributed by atoms with Crippen LogP contribution in [0.25, 0.3) is 11.0 Å². The molecule has 0 aliphatic carbocycles. The van der Waals surface area contributed by atoms with Gasteiger partial charge in [-0.3, -0.25) is 9.10 Å². The Morgan fingerprint density at radius 2 is 1.90 bits per heavy atom. The van der Waals surface area contributed by atoms with Gasteiger partial charge in [-0.05, 0) is 87.4 Å². The van der Waals surface area contributed by atoms with Crippen LogP contribution < -0.4 is 9.62 Å². The Morgan fingerprint density at radius 1 is 1.12 bits per heavy atom. The number of rotatable bonds is 5. The Morgan fingerprint density at radius 3 is 2.62 bits per heavy atom. The lowest BCUT2D eigenvalue weighted by molar-refractivity contribution is 0.00706. The molecule has 1 amide bonds. The number of nitriles is 1. The van der Waals surface area contributed by atoms with Crippen molar-refractivity contribution in [1.82, 2.24) is 5.16 Å². The summed E-state index contributed by atoms with van der Waals surface area (Å²) in [5.41, 5.74) is 0.842. The van der Waals surface area contributed by atoms with Crippen LogP contribution in [0.4, 0.5) is 11.4 Å². The number of amides is 1. The maximum Gasteiger partial charge on any atom is 0.340 e. The summed E-state index contributed by atoms with van der Waals surface area (Å²) in [5.74, 6) is -1.48. The maximum absolute atomic E-state index is 13.6. The van der Waals surface area contributed by atoms with Crippen molar-refractivity contribution in [2.24, 2.45) is 0 Å². The molecule has 0 saturated heterocycles. The average Bonchev–Trinajstić information content (AvgIpc) is 3.51. The van der Waals surface area contributed by atoms with E-state index in [1.807, 2.05) is 6.07 Å². The SMILES string of the molecule is CC(C)(C)OC(=O)c1cc(C#N)ccc1NC(=O)c1noc2ccc(S(=O)(=O)N3CCc4cc(Cl)ccc43)cc12. The molecule has 0 unspecified atom stereocenters. The molecule has 0 atom stereocenters. The van der Waals surface area contributed by atoms with E-state index >= 15 is 0 Å². The summed E-state index contributed by atoms with van der Waals surface area (Å²) in [4.78, 5) is 26.1. The van der Waals surface area contributed by atoms with Crippen LogP contribution in [-0.4, -0.2) is 37.6 Å². The molecule has 1 N–H and O–H groups in total. The molecule has 4 aromatic rings. The molecule has 204 valence electrons. The second kappa shape index (κ2) is 9.97. The predicted octanol–water partition coefficient (Wildman–Crippen LogP) is 5.31. The predicted molar refractivity (Wildman–Crippen MR) is 148 cm³/mol. The van der Waals surface area contributed by atoms with E-state index in [0.29, 0.717) is 17.1 Å². The zero-order valence-corrected chi connectivity index (χ0v) is 23.3. The van der Waals surface area contributed by atoms with Crippen molar-refractivity contribution in [2.45, 2.75) is 37.7 Å². The third kappa shape index (κ3) is 5.11. The normalized spacial score (nSPS) is 13.1. The quantitative estimate of drug-likeness (QED) is 0.314. The first kappa shape index (κ1) is 27.2. The third-order valence-electron chi connectivity index (χ3n) is 6.15. The lowest BCUT2D eigenvalue weighted by Crippen LogP contribution is -2.29. The summed E-state index contributed by atoms with van der Waals surface area (Å²) in [7, 11) is -3.98. The monoisotopic (exact) mass is 578 g/mol. The Kier molecular flexibility index (Phi) is 6.77. The maximum atomic E-state index is 13.6. The lowest BCUT2D eigenvalue weighted by Gasteiger charge is -2.20. The summed E-state index contributed by atoms with van der Waals surface area (Å²) in [6.07, 6.45) is 0.517.